The van der Waals surface area contributed by atoms with Crippen LogP contribution in [-0.2, 0) is 32.2 Å². The molecule has 2 aliphatic rings. The lowest BCUT2D eigenvalue weighted by atomic mass is 9.99. The van der Waals surface area contributed by atoms with E-state index in [1.165, 1.54) is 0 Å². The van der Waals surface area contributed by atoms with Gasteiger partial charge in [-0.05, 0) is 35.6 Å². The molecule has 2 saturated heterocycles. The number of aliphatic hydroxyl groups excluding tert-OH is 1. The molecule has 252 valence electrons. The fourth-order valence-electron chi connectivity index (χ4n) is 5.97. The van der Waals surface area contributed by atoms with E-state index in [9.17, 15) is 14.7 Å². The number of aromatic nitrogens is 2. The lowest BCUT2D eigenvalue weighted by Crippen LogP contribution is -2.50. The Morgan fingerprint density at radius 1 is 0.809 bits per heavy atom. The molecular weight excluding hydrogens is 600 g/mol. The van der Waals surface area contributed by atoms with Gasteiger partial charge in [-0.15, -0.1) is 0 Å². The van der Waals surface area contributed by atoms with Crippen molar-refractivity contribution in [3.63, 3.8) is 0 Å². The summed E-state index contributed by atoms with van der Waals surface area (Å²) in [6, 6.07) is 17.7. The summed E-state index contributed by atoms with van der Waals surface area (Å²) in [5, 5.41) is 21.0. The first-order chi connectivity index (χ1) is 23.0. The molecule has 2 fully saturated rings. The molecule has 0 unspecified atom stereocenters. The smallest absolute Gasteiger partial charge is 0.243 e. The molecule has 0 radical (unpaired) electrons. The maximum atomic E-state index is 12.3. The van der Waals surface area contributed by atoms with Gasteiger partial charge in [0, 0.05) is 76.5 Å². The highest BCUT2D eigenvalue weighted by atomic mass is 16.7. The largest absolute Gasteiger partial charge is 0.392 e. The molecular formula is C35H46N6O6. The molecule has 5 rings (SSSR count). The zero-order valence-corrected chi connectivity index (χ0v) is 26.8. The minimum Gasteiger partial charge on any atom is -0.392 e. The van der Waals surface area contributed by atoms with Crippen LogP contribution in [0.2, 0.25) is 0 Å². The zero-order chi connectivity index (χ0) is 32.8. The number of carbonyl (C=O) groups is 2. The summed E-state index contributed by atoms with van der Waals surface area (Å²) in [5.41, 5.74) is 5.46. The topological polar surface area (TPSA) is 149 Å². The third-order valence-corrected chi connectivity index (χ3v) is 8.71. The van der Waals surface area contributed by atoms with Gasteiger partial charge in [-0.3, -0.25) is 19.7 Å². The number of hydrogen-bond donors (Lipinski definition) is 4. The van der Waals surface area contributed by atoms with E-state index in [0.717, 1.165) is 86.6 Å². The third kappa shape index (κ3) is 10.5. The molecule has 4 N–H and O–H groups in total. The molecule has 0 bridgehead atoms. The average molecular weight is 647 g/mol. The second-order valence-electron chi connectivity index (χ2n) is 12.2. The zero-order valence-electron chi connectivity index (χ0n) is 26.8. The first-order valence-corrected chi connectivity index (χ1v) is 16.5. The van der Waals surface area contributed by atoms with Crippen molar-refractivity contribution >= 4 is 17.8 Å². The third-order valence-electron chi connectivity index (χ3n) is 8.71. The summed E-state index contributed by atoms with van der Waals surface area (Å²) in [6.07, 6.45) is 7.40. The number of unbranched alkanes of at least 4 members (excludes halogenated alkanes) is 3. The van der Waals surface area contributed by atoms with Gasteiger partial charge in [-0.2, -0.15) is 0 Å². The van der Waals surface area contributed by atoms with E-state index in [2.05, 4.69) is 25.1 Å². The Balaban J connectivity index is 1.14. The van der Waals surface area contributed by atoms with Crippen molar-refractivity contribution in [3.05, 3.63) is 89.2 Å². The highest BCUT2D eigenvalue weighted by molar-refractivity contribution is 5.75. The molecule has 0 spiro atoms. The van der Waals surface area contributed by atoms with Gasteiger partial charge in [0.15, 0.2) is 6.29 Å². The summed E-state index contributed by atoms with van der Waals surface area (Å²) in [7, 11) is 0. The molecule has 12 heteroatoms. The molecule has 0 saturated carbocycles. The van der Waals surface area contributed by atoms with Crippen LogP contribution in [0.25, 0.3) is 0 Å². The van der Waals surface area contributed by atoms with E-state index in [4.69, 9.17) is 14.7 Å². The molecule has 3 heterocycles. The fraction of sp³-hybridized carbons (Fsp3) is 0.486. The van der Waals surface area contributed by atoms with Crippen LogP contribution >= 0.6 is 0 Å². The number of amides is 2. The van der Waals surface area contributed by atoms with Gasteiger partial charge in [0.1, 0.15) is 0 Å². The van der Waals surface area contributed by atoms with Crippen molar-refractivity contribution in [2.75, 3.05) is 37.6 Å². The van der Waals surface area contributed by atoms with Crippen molar-refractivity contribution < 1.29 is 29.4 Å². The van der Waals surface area contributed by atoms with Crippen LogP contribution in [0.15, 0.2) is 67.0 Å². The van der Waals surface area contributed by atoms with E-state index in [1.807, 2.05) is 54.6 Å². The average Bonchev–Trinajstić information content (AvgIpc) is 3.13. The molecule has 12 nitrogen and oxygen atoms in total. The lowest BCUT2D eigenvalue weighted by Gasteiger charge is -2.40. The van der Waals surface area contributed by atoms with Crippen molar-refractivity contribution in [1.82, 2.24) is 25.7 Å². The number of anilines is 1. The van der Waals surface area contributed by atoms with Crippen LogP contribution in [0.5, 0.6) is 0 Å². The highest BCUT2D eigenvalue weighted by Gasteiger charge is 2.34. The summed E-state index contributed by atoms with van der Waals surface area (Å²) in [6.45, 7) is 4.71. The SMILES string of the molecule is O=C(CCCCCCC(=O)NCc1ccc([C@H]2O[C@@H](CN3CCN(c4ncccn4)CC3)C[C@@H](c3ccc(CO)cc3)O2)cc1)NO. The van der Waals surface area contributed by atoms with Crippen LogP contribution in [0.3, 0.4) is 0 Å². The first kappa shape index (κ1) is 34.4. The molecule has 0 aliphatic carbocycles. The van der Waals surface area contributed by atoms with Crippen molar-refractivity contribution in [1.29, 1.82) is 0 Å². The van der Waals surface area contributed by atoms with E-state index in [0.29, 0.717) is 19.4 Å². The van der Waals surface area contributed by atoms with E-state index in [-0.39, 0.29) is 37.0 Å². The Kier molecular flexibility index (Phi) is 13.0. The summed E-state index contributed by atoms with van der Waals surface area (Å²) >= 11 is 0. The number of benzene rings is 2. The quantitative estimate of drug-likeness (QED) is 0.109. The van der Waals surface area contributed by atoms with E-state index < -0.39 is 6.29 Å². The Labute approximate surface area is 276 Å². The van der Waals surface area contributed by atoms with Gasteiger partial charge >= 0.3 is 0 Å². The number of piperazine rings is 1. The standard InChI is InChI=1S/C35H46N6O6/c42-25-27-10-12-28(13-11-27)31-22-30(24-40-18-20-41(21-19-40)35-36-16-5-17-37-35)46-34(47-31)29-14-8-26(9-15-29)23-38-32(43)6-3-1-2-4-7-33(44)39-45/h5,8-17,30-31,34,42,45H,1-4,6-7,18-25H2,(H,38,43)(H,39,44)/t30-,31+,34+/m1/s1. The molecule has 2 aliphatic heterocycles. The summed E-state index contributed by atoms with van der Waals surface area (Å²) in [5.74, 6) is 0.382. The minimum atomic E-state index is -0.539. The normalized spacial score (nSPS) is 20.1. The summed E-state index contributed by atoms with van der Waals surface area (Å²) < 4.78 is 13.1. The number of ether oxygens (including phenoxy) is 2. The Bertz CT molecular complexity index is 1390. The van der Waals surface area contributed by atoms with Gasteiger partial charge < -0.3 is 24.8 Å². The van der Waals surface area contributed by atoms with E-state index in [1.54, 1.807) is 17.9 Å². The predicted octanol–water partition coefficient (Wildman–Crippen LogP) is 3.80. The number of rotatable bonds is 15. The Morgan fingerprint density at radius 2 is 1.45 bits per heavy atom. The van der Waals surface area contributed by atoms with Gasteiger partial charge in [-0.1, -0.05) is 61.4 Å². The van der Waals surface area contributed by atoms with Gasteiger partial charge in [-0.25, -0.2) is 15.4 Å². The van der Waals surface area contributed by atoms with Crippen LogP contribution in [0.1, 0.15) is 79.6 Å². The monoisotopic (exact) mass is 646 g/mol. The highest BCUT2D eigenvalue weighted by Crippen LogP contribution is 2.38. The van der Waals surface area contributed by atoms with Crippen LogP contribution < -0.4 is 15.7 Å². The molecule has 47 heavy (non-hydrogen) atoms. The number of hydroxylamine groups is 1. The number of aliphatic hydroxyl groups is 1. The Morgan fingerprint density at radius 3 is 2.11 bits per heavy atom. The molecule has 3 aromatic rings. The van der Waals surface area contributed by atoms with E-state index >= 15 is 0 Å². The van der Waals surface area contributed by atoms with Crippen molar-refractivity contribution in [2.24, 2.45) is 0 Å². The second kappa shape index (κ2) is 17.8. The lowest BCUT2D eigenvalue weighted by molar-refractivity contribution is -0.253. The molecule has 3 atom stereocenters. The molecule has 2 aromatic carbocycles. The molecule has 1 aromatic heterocycles. The molecule has 2 amide bonds. The maximum absolute atomic E-state index is 12.3. The van der Waals surface area contributed by atoms with Crippen molar-refractivity contribution in [2.45, 2.75) is 76.6 Å². The van der Waals surface area contributed by atoms with Crippen LogP contribution in [0, 0.1) is 0 Å². The maximum Gasteiger partial charge on any atom is 0.243 e. The fourth-order valence-corrected chi connectivity index (χ4v) is 5.97. The Hall–Kier alpha value is -3.94. The second-order valence-corrected chi connectivity index (χ2v) is 12.2. The van der Waals surface area contributed by atoms with Gasteiger partial charge in [0.2, 0.25) is 17.8 Å². The summed E-state index contributed by atoms with van der Waals surface area (Å²) in [4.78, 5) is 36.8. The number of hydrogen-bond acceptors (Lipinski definition) is 10. The van der Waals surface area contributed by atoms with Crippen LogP contribution in [-0.4, -0.2) is 75.8 Å². The number of carbonyl (C=O) groups excluding carboxylic acids is 2. The van der Waals surface area contributed by atoms with Crippen LogP contribution in [0.4, 0.5) is 5.95 Å². The van der Waals surface area contributed by atoms with Gasteiger partial charge in [0.05, 0.1) is 18.8 Å². The predicted molar refractivity (Wildman–Crippen MR) is 175 cm³/mol. The first-order valence-electron chi connectivity index (χ1n) is 16.5. The van der Waals surface area contributed by atoms with Gasteiger partial charge in [0.25, 0.3) is 0 Å². The van der Waals surface area contributed by atoms with Crippen molar-refractivity contribution in [3.8, 4) is 0 Å². The number of nitrogens with zero attached hydrogens (tertiary/aromatic N) is 4. The minimum absolute atomic E-state index is 0.000356. The number of nitrogens with one attached hydrogen (secondary N) is 2.